The SMILES string of the molecule is CCOc1ccc(C[C@H]2NC(=O)CC3(CCCCC3)SSC[C@H](C(=O)N3CCCC3C(=O)NCCNC(=O)[C@@H](N)CCCN=C(N)N)NC(=O)[C@@H](CC(N)=O)NC(=O)[C@H](C(C)C)NC(=O)[C@@H](Cc3ccccc3)NC2=O)cc1. The summed E-state index contributed by atoms with van der Waals surface area (Å²) in [6.45, 7) is 6.21. The van der Waals surface area contributed by atoms with Crippen LogP contribution in [-0.4, -0.2) is 150 Å². The van der Waals surface area contributed by atoms with Gasteiger partial charge < -0.3 is 69.8 Å². The number of ether oxygens (including phenoxy) is 1. The van der Waals surface area contributed by atoms with E-state index in [0.717, 1.165) is 19.3 Å². The van der Waals surface area contributed by atoms with Gasteiger partial charge in [-0.15, -0.1) is 0 Å². The number of nitrogens with two attached hydrogens (primary N) is 4. The highest BCUT2D eigenvalue weighted by Crippen LogP contribution is 2.48. The minimum Gasteiger partial charge on any atom is -0.494 e. The Labute approximate surface area is 464 Å². The quantitative estimate of drug-likeness (QED) is 0.0379. The zero-order chi connectivity index (χ0) is 56.8. The maximum Gasteiger partial charge on any atom is 0.246 e. The van der Waals surface area contributed by atoms with E-state index in [2.05, 4.69) is 42.2 Å². The van der Waals surface area contributed by atoms with Gasteiger partial charge in [-0.05, 0) is 74.6 Å². The third-order valence-corrected chi connectivity index (χ3v) is 17.0. The molecule has 25 heteroatoms. The normalized spacial score (nSPS) is 23.1. The van der Waals surface area contributed by atoms with Gasteiger partial charge in [-0.1, -0.05) is 97.2 Å². The minimum absolute atomic E-state index is 0.000398. The van der Waals surface area contributed by atoms with E-state index in [9.17, 15) is 43.2 Å². The first-order valence-electron chi connectivity index (χ1n) is 26.8. The lowest BCUT2D eigenvalue weighted by atomic mass is 9.85. The van der Waals surface area contributed by atoms with E-state index in [0.29, 0.717) is 68.6 Å². The van der Waals surface area contributed by atoms with Crippen molar-refractivity contribution in [3.8, 4) is 5.75 Å². The number of primary amides is 1. The molecule has 0 bridgehead atoms. The van der Waals surface area contributed by atoms with Crippen LogP contribution in [0, 0.1) is 5.92 Å². The van der Waals surface area contributed by atoms with Gasteiger partial charge >= 0.3 is 0 Å². The Balaban J connectivity index is 1.44. The standard InChI is InChI=1S/C53H79N13O10S2/c1-4-76-35-19-17-34(18-20-35)28-37-46(70)62-38(27-33-13-7-5-8-14-33)48(72)65-44(32(2)3)50(74)63-39(29-42(55)67)47(71)64-40(31-77-78-53(30-43(68)61-37)21-9-6-10-22-53)51(75)66-26-12-16-41(66)49(73)59-25-24-58-45(69)36(54)15-11-23-60-52(56)57/h5,7-8,13-14,17-20,32,36-41,44H,4,6,9-12,15-16,21-31,54H2,1-3H3,(H2,55,67)(H,58,69)(H,59,73)(H,61,68)(H,62,70)(H,63,74)(H,64,71)(H,65,72)(H4,56,57,60)/t36-,37+,38+,39+,40+,41?,44-/m0/s1. The van der Waals surface area contributed by atoms with Crippen molar-refractivity contribution in [3.05, 3.63) is 65.7 Å². The lowest BCUT2D eigenvalue weighted by Gasteiger charge is -2.37. The molecule has 3 fully saturated rings. The zero-order valence-electron chi connectivity index (χ0n) is 44.9. The number of amides is 9. The van der Waals surface area contributed by atoms with Crippen LogP contribution in [0.1, 0.15) is 103 Å². The molecule has 5 rings (SSSR count). The summed E-state index contributed by atoms with van der Waals surface area (Å²) in [7, 11) is 2.67. The zero-order valence-corrected chi connectivity index (χ0v) is 46.5. The molecule has 2 aromatic rings. The van der Waals surface area contributed by atoms with Crippen molar-refractivity contribution < 1.29 is 47.9 Å². The number of carbonyl (C=O) groups is 9. The smallest absolute Gasteiger partial charge is 0.246 e. The number of rotatable bonds is 19. The number of nitrogens with one attached hydrogen (secondary N) is 7. The van der Waals surface area contributed by atoms with E-state index in [4.69, 9.17) is 27.7 Å². The fraction of sp³-hybridized carbons (Fsp3) is 0.585. The second-order valence-corrected chi connectivity index (χ2v) is 23.1. The van der Waals surface area contributed by atoms with Crippen LogP contribution < -0.4 is 64.9 Å². The van der Waals surface area contributed by atoms with Crippen molar-refractivity contribution in [1.82, 2.24) is 42.1 Å². The molecule has 1 spiro atoms. The molecule has 7 atom stereocenters. The first-order valence-corrected chi connectivity index (χ1v) is 29.1. The average molecular weight is 1120 g/mol. The van der Waals surface area contributed by atoms with E-state index in [1.165, 1.54) is 26.5 Å². The molecular formula is C53H79N13O10S2. The molecule has 2 aliphatic heterocycles. The number of likely N-dealkylation sites (tertiary alicyclic amines) is 1. The van der Waals surface area contributed by atoms with E-state index in [1.807, 2.05) is 6.92 Å². The number of hydrogen-bond donors (Lipinski definition) is 11. The van der Waals surface area contributed by atoms with Gasteiger partial charge in [0.25, 0.3) is 0 Å². The Bertz CT molecular complexity index is 2410. The van der Waals surface area contributed by atoms with Crippen molar-refractivity contribution in [3.63, 3.8) is 0 Å². The van der Waals surface area contributed by atoms with Crippen molar-refractivity contribution in [2.45, 2.75) is 151 Å². The van der Waals surface area contributed by atoms with Gasteiger partial charge in [-0.25, -0.2) is 0 Å². The van der Waals surface area contributed by atoms with Gasteiger partial charge in [-0.3, -0.25) is 48.1 Å². The third-order valence-electron chi connectivity index (χ3n) is 13.7. The number of guanidine groups is 1. The Morgan fingerprint density at radius 1 is 0.782 bits per heavy atom. The lowest BCUT2D eigenvalue weighted by Crippen LogP contribution is -2.61. The highest BCUT2D eigenvalue weighted by atomic mass is 33.1. The number of carbonyl (C=O) groups excluding carboxylic acids is 9. The van der Waals surface area contributed by atoms with E-state index in [1.54, 1.807) is 68.4 Å². The van der Waals surface area contributed by atoms with Crippen LogP contribution in [-0.2, 0) is 56.0 Å². The fourth-order valence-electron chi connectivity index (χ4n) is 9.60. The van der Waals surface area contributed by atoms with E-state index >= 15 is 0 Å². The van der Waals surface area contributed by atoms with Crippen LogP contribution in [0.4, 0.5) is 0 Å². The summed E-state index contributed by atoms with van der Waals surface area (Å²) in [4.78, 5) is 131. The van der Waals surface area contributed by atoms with Gasteiger partial charge in [-0.2, -0.15) is 0 Å². The fourth-order valence-corrected chi connectivity index (χ4v) is 13.0. The molecule has 2 aromatic carbocycles. The van der Waals surface area contributed by atoms with Crippen LogP contribution in [0.3, 0.4) is 0 Å². The molecule has 2 heterocycles. The molecule has 1 unspecified atom stereocenters. The largest absolute Gasteiger partial charge is 0.494 e. The molecule has 428 valence electrons. The van der Waals surface area contributed by atoms with Crippen molar-refractivity contribution in [1.29, 1.82) is 0 Å². The number of benzene rings is 2. The molecule has 15 N–H and O–H groups in total. The molecule has 3 aliphatic rings. The predicted octanol–water partition coefficient (Wildman–Crippen LogP) is -0.0818. The van der Waals surface area contributed by atoms with Gasteiger partial charge in [0.2, 0.25) is 53.2 Å². The highest BCUT2D eigenvalue weighted by Gasteiger charge is 2.42. The molecular weight excluding hydrogens is 1040 g/mol. The van der Waals surface area contributed by atoms with Gasteiger partial charge in [0, 0.05) is 55.9 Å². The molecule has 9 amide bonds. The molecule has 1 saturated carbocycles. The monoisotopic (exact) mass is 1120 g/mol. The second kappa shape index (κ2) is 31.1. The Morgan fingerprint density at radius 3 is 2.06 bits per heavy atom. The van der Waals surface area contributed by atoms with Crippen LogP contribution in [0.25, 0.3) is 0 Å². The molecule has 78 heavy (non-hydrogen) atoms. The summed E-state index contributed by atoms with van der Waals surface area (Å²) in [5.41, 5.74) is 23.8. The lowest BCUT2D eigenvalue weighted by molar-refractivity contribution is -0.141. The first-order chi connectivity index (χ1) is 37.3. The molecule has 0 radical (unpaired) electrons. The molecule has 1 aliphatic carbocycles. The second-order valence-electron chi connectivity index (χ2n) is 20.3. The summed E-state index contributed by atoms with van der Waals surface area (Å²) in [5, 5.41) is 19.5. The molecule has 23 nitrogen and oxygen atoms in total. The number of nitrogens with zero attached hydrogens (tertiary/aromatic N) is 2. The topological polar surface area (TPSA) is 367 Å². The van der Waals surface area contributed by atoms with Crippen LogP contribution in [0.15, 0.2) is 59.6 Å². The summed E-state index contributed by atoms with van der Waals surface area (Å²) >= 11 is 0. The molecule has 2 saturated heterocycles. The Kier molecular flexibility index (Phi) is 24.8. The van der Waals surface area contributed by atoms with E-state index in [-0.39, 0.29) is 50.6 Å². The number of aliphatic imine (C=N–C) groups is 1. The van der Waals surface area contributed by atoms with Gasteiger partial charge in [0.15, 0.2) is 5.96 Å². The third kappa shape index (κ3) is 19.7. The highest BCUT2D eigenvalue weighted by molar-refractivity contribution is 8.77. The number of hydrogen-bond acceptors (Lipinski definition) is 14. The average Bonchev–Trinajstić information content (AvgIpc) is 3.90. The van der Waals surface area contributed by atoms with Crippen LogP contribution in [0.5, 0.6) is 5.75 Å². The maximum absolute atomic E-state index is 14.8. The van der Waals surface area contributed by atoms with Gasteiger partial charge in [0.1, 0.15) is 42.0 Å². The van der Waals surface area contributed by atoms with Crippen LogP contribution >= 0.6 is 21.6 Å². The minimum atomic E-state index is -1.61. The summed E-state index contributed by atoms with van der Waals surface area (Å²) < 4.78 is 4.97. The van der Waals surface area contributed by atoms with E-state index < -0.39 is 113 Å². The maximum atomic E-state index is 14.8. The van der Waals surface area contributed by atoms with Gasteiger partial charge in [0.05, 0.1) is 19.1 Å². The van der Waals surface area contributed by atoms with Crippen molar-refractivity contribution in [2.24, 2.45) is 33.8 Å². The van der Waals surface area contributed by atoms with Crippen LogP contribution in [0.2, 0.25) is 0 Å². The van der Waals surface area contributed by atoms with Crippen molar-refractivity contribution in [2.75, 3.05) is 38.5 Å². The first kappa shape index (κ1) is 62.2. The van der Waals surface area contributed by atoms with Crippen molar-refractivity contribution >= 4 is 80.7 Å². The summed E-state index contributed by atoms with van der Waals surface area (Å²) in [6.07, 6.45) is 4.76. The Hall–Kier alpha value is -6.60. The molecule has 0 aromatic heterocycles. The predicted molar refractivity (Wildman–Crippen MR) is 299 cm³/mol. The summed E-state index contributed by atoms with van der Waals surface area (Å²) in [5.74, 6) is -6.08. The Morgan fingerprint density at radius 2 is 1.41 bits per heavy atom. The summed E-state index contributed by atoms with van der Waals surface area (Å²) in [6, 6.07) is 7.70.